The van der Waals surface area contributed by atoms with Gasteiger partial charge in [0.1, 0.15) is 5.82 Å². The molecule has 2 aromatic heterocycles. The largest absolute Gasteiger partial charge is 0.293 e. The summed E-state index contributed by atoms with van der Waals surface area (Å²) in [6.07, 6.45) is 1.87. The lowest BCUT2D eigenvalue weighted by Gasteiger charge is -2.13. The molecule has 0 aliphatic rings. The second kappa shape index (κ2) is 5.33. The van der Waals surface area contributed by atoms with E-state index in [1.54, 1.807) is 0 Å². The maximum Gasteiger partial charge on any atom is 0.137 e. The van der Waals surface area contributed by atoms with Crippen LogP contribution in [0.25, 0.3) is 59.9 Å². The van der Waals surface area contributed by atoms with Gasteiger partial charge in [0, 0.05) is 22.4 Å². The van der Waals surface area contributed by atoms with E-state index in [0.717, 1.165) is 5.82 Å². The Morgan fingerprint density at radius 1 is 0.552 bits per heavy atom. The van der Waals surface area contributed by atoms with Gasteiger partial charge >= 0.3 is 0 Å². The smallest absolute Gasteiger partial charge is 0.137 e. The van der Waals surface area contributed by atoms with Gasteiger partial charge in [-0.15, -0.1) is 0 Å². The predicted molar refractivity (Wildman–Crippen MR) is 122 cm³/mol. The van der Waals surface area contributed by atoms with Crippen LogP contribution in [0.2, 0.25) is 0 Å². The molecule has 0 aliphatic heterocycles. The molecule has 0 aliphatic carbocycles. The summed E-state index contributed by atoms with van der Waals surface area (Å²) in [6, 6.07) is 32.7. The molecule has 2 heteroatoms. The van der Waals surface area contributed by atoms with Crippen LogP contribution < -0.4 is 0 Å². The number of aromatic nitrogens is 2. The average Bonchev–Trinajstić information content (AvgIpc) is 3.12. The molecule has 0 N–H and O–H groups in total. The van der Waals surface area contributed by atoms with Crippen LogP contribution in [0.5, 0.6) is 0 Å². The van der Waals surface area contributed by atoms with E-state index >= 15 is 0 Å². The Kier molecular flexibility index (Phi) is 2.77. The second-order valence-electron chi connectivity index (χ2n) is 7.67. The zero-order chi connectivity index (χ0) is 18.9. The third kappa shape index (κ3) is 1.88. The summed E-state index contributed by atoms with van der Waals surface area (Å²) in [7, 11) is 0. The van der Waals surface area contributed by atoms with E-state index in [1.165, 1.54) is 54.1 Å². The van der Waals surface area contributed by atoms with E-state index in [9.17, 15) is 0 Å². The van der Waals surface area contributed by atoms with Gasteiger partial charge in [0.25, 0.3) is 0 Å². The zero-order valence-electron chi connectivity index (χ0n) is 15.6. The van der Waals surface area contributed by atoms with Crippen molar-refractivity contribution in [1.82, 2.24) is 9.55 Å². The molecule has 29 heavy (non-hydrogen) atoms. The van der Waals surface area contributed by atoms with Crippen molar-refractivity contribution in [1.29, 1.82) is 0 Å². The summed E-state index contributed by atoms with van der Waals surface area (Å²) >= 11 is 0. The predicted octanol–water partition coefficient (Wildman–Crippen LogP) is 7.08. The normalized spacial score (nSPS) is 12.1. The molecule has 0 saturated heterocycles. The molecule has 7 rings (SSSR count). The van der Waals surface area contributed by atoms with Crippen LogP contribution in [0.3, 0.4) is 0 Å². The Labute approximate surface area is 167 Å². The van der Waals surface area contributed by atoms with Gasteiger partial charge in [0.05, 0.1) is 11.0 Å². The summed E-state index contributed by atoms with van der Waals surface area (Å²) in [5.74, 6) is 0.953. The van der Waals surface area contributed by atoms with E-state index in [2.05, 4.69) is 89.5 Å². The summed E-state index contributed by atoms with van der Waals surface area (Å²) < 4.78 is 2.32. The van der Waals surface area contributed by atoms with Gasteiger partial charge in [0.2, 0.25) is 0 Å². The summed E-state index contributed by atoms with van der Waals surface area (Å²) in [5, 5.41) is 10.4. The number of fused-ring (bicyclic) bond motifs is 4. The number of benzene rings is 5. The van der Waals surface area contributed by atoms with Crippen molar-refractivity contribution in [3.8, 4) is 5.82 Å². The molecule has 2 nitrogen and oxygen atoms in total. The van der Waals surface area contributed by atoms with Crippen molar-refractivity contribution in [3.63, 3.8) is 0 Å². The number of pyridine rings is 1. The lowest BCUT2D eigenvalue weighted by atomic mass is 9.92. The van der Waals surface area contributed by atoms with Gasteiger partial charge in [-0.05, 0) is 51.2 Å². The Morgan fingerprint density at radius 2 is 1.34 bits per heavy atom. The van der Waals surface area contributed by atoms with E-state index < -0.39 is 0 Å². The van der Waals surface area contributed by atoms with E-state index in [4.69, 9.17) is 4.98 Å². The Balaban J connectivity index is 1.83. The molecule has 0 amide bonds. The topological polar surface area (TPSA) is 17.8 Å². The lowest BCUT2D eigenvalue weighted by Crippen LogP contribution is -1.97. The highest BCUT2D eigenvalue weighted by molar-refractivity contribution is 6.31. The fraction of sp³-hybridized carbons (Fsp3) is 0. The van der Waals surface area contributed by atoms with Gasteiger partial charge in [-0.25, -0.2) is 4.98 Å². The molecule has 2 heterocycles. The monoisotopic (exact) mass is 368 g/mol. The Bertz CT molecular complexity index is 1670. The van der Waals surface area contributed by atoms with E-state index in [1.807, 2.05) is 12.3 Å². The molecule has 0 spiro atoms. The van der Waals surface area contributed by atoms with Gasteiger partial charge in [-0.3, -0.25) is 4.57 Å². The van der Waals surface area contributed by atoms with E-state index in [-0.39, 0.29) is 0 Å². The number of hydrogen-bond acceptors (Lipinski definition) is 1. The molecule has 0 unspecified atom stereocenters. The van der Waals surface area contributed by atoms with Crippen molar-refractivity contribution in [3.05, 3.63) is 97.2 Å². The highest BCUT2D eigenvalue weighted by Gasteiger charge is 2.18. The minimum Gasteiger partial charge on any atom is -0.293 e. The third-order valence-electron chi connectivity index (χ3n) is 6.16. The fourth-order valence-electron chi connectivity index (χ4n) is 4.98. The van der Waals surface area contributed by atoms with Crippen molar-refractivity contribution < 1.29 is 0 Å². The number of hydrogen-bond donors (Lipinski definition) is 0. The number of nitrogens with zero attached hydrogens (tertiary/aromatic N) is 2. The summed E-state index contributed by atoms with van der Waals surface area (Å²) in [4.78, 5) is 4.69. The van der Waals surface area contributed by atoms with Crippen molar-refractivity contribution >= 4 is 54.1 Å². The lowest BCUT2D eigenvalue weighted by molar-refractivity contribution is 1.08. The molecule has 0 bridgehead atoms. The van der Waals surface area contributed by atoms with Gasteiger partial charge in [-0.1, -0.05) is 66.7 Å². The molecule has 0 atom stereocenters. The van der Waals surface area contributed by atoms with Crippen molar-refractivity contribution in [2.24, 2.45) is 0 Å². The molecule has 0 fully saturated rings. The van der Waals surface area contributed by atoms with Crippen molar-refractivity contribution in [2.75, 3.05) is 0 Å². The Hall–Kier alpha value is -3.91. The van der Waals surface area contributed by atoms with Gasteiger partial charge in [0.15, 0.2) is 0 Å². The first-order chi connectivity index (χ1) is 14.4. The van der Waals surface area contributed by atoms with Crippen LogP contribution in [0.15, 0.2) is 97.2 Å². The molecule has 134 valence electrons. The standard InChI is InChI=1S/C27H16N2/c1-2-9-23-20(8-1)22-16-19-12-11-17-6-5-7-18-13-14-21(26(19)25(17)18)27(22)29(23)24-10-3-4-15-28-24/h1-16H. The van der Waals surface area contributed by atoms with E-state index in [0.29, 0.717) is 0 Å². The van der Waals surface area contributed by atoms with Crippen molar-refractivity contribution in [2.45, 2.75) is 0 Å². The van der Waals surface area contributed by atoms with Gasteiger partial charge < -0.3 is 0 Å². The van der Waals surface area contributed by atoms with Crippen LogP contribution in [-0.2, 0) is 0 Å². The Morgan fingerprint density at radius 3 is 2.21 bits per heavy atom. The SMILES string of the molecule is c1ccc(-n2c3ccccc3c3cc4ccc5cccc6ccc(c4c56)c32)nc1. The molecule has 0 saturated carbocycles. The highest BCUT2D eigenvalue weighted by Crippen LogP contribution is 2.42. The first kappa shape index (κ1) is 15.1. The van der Waals surface area contributed by atoms with Crippen LogP contribution in [0, 0.1) is 0 Å². The fourth-order valence-corrected chi connectivity index (χ4v) is 4.98. The number of rotatable bonds is 1. The maximum absolute atomic E-state index is 4.69. The molecule has 5 aromatic carbocycles. The second-order valence-corrected chi connectivity index (χ2v) is 7.67. The summed E-state index contributed by atoms with van der Waals surface area (Å²) in [6.45, 7) is 0. The zero-order valence-corrected chi connectivity index (χ0v) is 15.6. The highest BCUT2D eigenvalue weighted by atomic mass is 15.1. The van der Waals surface area contributed by atoms with Crippen LogP contribution >= 0.6 is 0 Å². The average molecular weight is 368 g/mol. The molecule has 0 radical (unpaired) electrons. The minimum absolute atomic E-state index is 0.953. The van der Waals surface area contributed by atoms with Crippen LogP contribution in [0.4, 0.5) is 0 Å². The first-order valence-electron chi connectivity index (χ1n) is 9.91. The van der Waals surface area contributed by atoms with Crippen LogP contribution in [0.1, 0.15) is 0 Å². The number of para-hydroxylation sites is 1. The quantitative estimate of drug-likeness (QED) is 0.283. The molecular weight excluding hydrogens is 352 g/mol. The van der Waals surface area contributed by atoms with Crippen LogP contribution in [-0.4, -0.2) is 9.55 Å². The summed E-state index contributed by atoms with van der Waals surface area (Å²) in [5.41, 5.74) is 2.42. The maximum atomic E-state index is 4.69. The minimum atomic E-state index is 0.953. The van der Waals surface area contributed by atoms with Gasteiger partial charge in [-0.2, -0.15) is 0 Å². The third-order valence-corrected chi connectivity index (χ3v) is 6.16. The molecule has 7 aromatic rings. The molecular formula is C27H16N2. The first-order valence-corrected chi connectivity index (χ1v) is 9.91.